The van der Waals surface area contributed by atoms with E-state index < -0.39 is 0 Å². The molecular weight excluding hydrogens is 334 g/mol. The molecule has 24 heavy (non-hydrogen) atoms. The van der Waals surface area contributed by atoms with Gasteiger partial charge in [-0.2, -0.15) is 0 Å². The second-order valence-corrected chi connectivity index (χ2v) is 6.71. The van der Waals surface area contributed by atoms with Crippen LogP contribution >= 0.6 is 11.6 Å². The van der Waals surface area contributed by atoms with Gasteiger partial charge in [-0.3, -0.25) is 9.59 Å². The number of hydrogen-bond acceptors (Lipinski definition) is 5. The molecule has 0 saturated heterocycles. The van der Waals surface area contributed by atoms with Crippen LogP contribution in [0.4, 0.5) is 0 Å². The van der Waals surface area contributed by atoms with Gasteiger partial charge in [0.25, 0.3) is 0 Å². The fourth-order valence-corrected chi connectivity index (χ4v) is 3.00. The van der Waals surface area contributed by atoms with Gasteiger partial charge in [-0.25, -0.2) is 0 Å². The van der Waals surface area contributed by atoms with Crippen molar-refractivity contribution in [2.24, 2.45) is 5.92 Å². The van der Waals surface area contributed by atoms with Crippen molar-refractivity contribution in [3.05, 3.63) is 17.0 Å². The summed E-state index contributed by atoms with van der Waals surface area (Å²) in [5.74, 6) is 0.505. The normalized spacial score (nSPS) is 22.0. The molecule has 1 unspecified atom stereocenters. The van der Waals surface area contributed by atoms with Gasteiger partial charge in [0.2, 0.25) is 11.8 Å². The quantitative estimate of drug-likeness (QED) is 0.684. The van der Waals surface area contributed by atoms with Crippen LogP contribution in [0.3, 0.4) is 0 Å². The monoisotopic (exact) mass is 357 g/mol. The number of carbonyl (C=O) groups excluding carboxylic acids is 2. The number of hydrogen-bond donors (Lipinski definition) is 3. The molecule has 1 fully saturated rings. The van der Waals surface area contributed by atoms with E-state index in [1.165, 1.54) is 0 Å². The molecule has 0 radical (unpaired) electrons. The van der Waals surface area contributed by atoms with Gasteiger partial charge in [0.1, 0.15) is 5.76 Å². The number of nitrogens with zero attached hydrogens (tertiary/aromatic N) is 1. The molecule has 2 amide bonds. The highest BCUT2D eigenvalue weighted by molar-refractivity contribution is 6.29. The first kappa shape index (κ1) is 18.7. The van der Waals surface area contributed by atoms with E-state index in [0.29, 0.717) is 18.6 Å². The minimum absolute atomic E-state index is 0.0106. The third-order valence-corrected chi connectivity index (χ3v) is 4.43. The summed E-state index contributed by atoms with van der Waals surface area (Å²) in [7, 11) is 0. The van der Waals surface area contributed by atoms with Crippen molar-refractivity contribution >= 4 is 23.4 Å². The molecule has 2 rings (SSSR count). The number of halogens is 1. The molecular formula is C16H24ClN3O4. The van der Waals surface area contributed by atoms with Crippen LogP contribution in [0.25, 0.3) is 0 Å². The predicted molar refractivity (Wildman–Crippen MR) is 88.4 cm³/mol. The van der Waals surface area contributed by atoms with Gasteiger partial charge in [0.05, 0.1) is 6.61 Å². The Balaban J connectivity index is 1.66. The Bertz CT molecular complexity index is 555. The van der Waals surface area contributed by atoms with Crippen molar-refractivity contribution in [1.82, 2.24) is 15.8 Å². The van der Waals surface area contributed by atoms with Crippen LogP contribution in [0.5, 0.6) is 0 Å². The van der Waals surface area contributed by atoms with Gasteiger partial charge < -0.3 is 20.3 Å². The summed E-state index contributed by atoms with van der Waals surface area (Å²) in [4.78, 5) is 24.0. The van der Waals surface area contributed by atoms with Crippen LogP contribution in [0.2, 0.25) is 5.15 Å². The highest BCUT2D eigenvalue weighted by Gasteiger charge is 2.27. The molecule has 1 aliphatic rings. The molecule has 8 heteroatoms. The molecule has 3 N–H and O–H groups in total. The summed E-state index contributed by atoms with van der Waals surface area (Å²) in [6.07, 6.45) is 3.83. The summed E-state index contributed by atoms with van der Waals surface area (Å²) in [5, 5.41) is 18.6. The average molecular weight is 358 g/mol. The Morgan fingerprint density at radius 3 is 2.71 bits per heavy atom. The second kappa shape index (κ2) is 9.03. The number of nitrogens with one attached hydrogen (secondary N) is 2. The number of amides is 2. The number of aromatic nitrogens is 1. The molecule has 1 aromatic heterocycles. The molecule has 1 aromatic rings. The lowest BCUT2D eigenvalue weighted by molar-refractivity contribution is -0.127. The average Bonchev–Trinajstić information content (AvgIpc) is 2.99. The van der Waals surface area contributed by atoms with Crippen molar-refractivity contribution in [2.45, 2.75) is 57.5 Å². The van der Waals surface area contributed by atoms with E-state index in [1.54, 1.807) is 13.0 Å². The summed E-state index contributed by atoms with van der Waals surface area (Å²) in [5.41, 5.74) is 0. The minimum Gasteiger partial charge on any atom is -0.394 e. The molecule has 1 saturated carbocycles. The molecule has 1 heterocycles. The van der Waals surface area contributed by atoms with Crippen LogP contribution in [-0.2, 0) is 16.0 Å². The molecule has 1 atom stereocenters. The van der Waals surface area contributed by atoms with Crippen LogP contribution in [-0.4, -0.2) is 40.8 Å². The van der Waals surface area contributed by atoms with Gasteiger partial charge in [-0.05, 0) is 32.6 Å². The van der Waals surface area contributed by atoms with Crippen molar-refractivity contribution in [1.29, 1.82) is 0 Å². The van der Waals surface area contributed by atoms with Crippen LogP contribution < -0.4 is 10.6 Å². The summed E-state index contributed by atoms with van der Waals surface area (Å²) < 4.78 is 4.96. The molecule has 0 aromatic carbocycles. The van der Waals surface area contributed by atoms with E-state index in [9.17, 15) is 9.59 Å². The standard InChI is InChI=1S/C16H24ClN3O4/c1-10(9-21)18-16(23)11-2-4-12(5-3-11)19-15(22)7-6-13-8-14(17)20-24-13/h8,10-12,21H,2-7,9H2,1H3,(H,18,23)(H,19,22). The van der Waals surface area contributed by atoms with Crippen molar-refractivity contribution in [2.75, 3.05) is 6.61 Å². The topological polar surface area (TPSA) is 104 Å². The van der Waals surface area contributed by atoms with E-state index in [0.717, 1.165) is 25.7 Å². The van der Waals surface area contributed by atoms with Crippen LogP contribution in [0, 0.1) is 5.92 Å². The maximum Gasteiger partial charge on any atom is 0.223 e. The molecule has 0 bridgehead atoms. The van der Waals surface area contributed by atoms with Gasteiger partial charge in [-0.15, -0.1) is 0 Å². The molecule has 0 spiro atoms. The molecule has 0 aliphatic heterocycles. The Hall–Kier alpha value is -1.60. The van der Waals surface area contributed by atoms with E-state index in [-0.39, 0.29) is 41.6 Å². The van der Waals surface area contributed by atoms with E-state index in [4.69, 9.17) is 21.2 Å². The SMILES string of the molecule is CC(CO)NC(=O)C1CCC(NC(=O)CCc2cc(Cl)no2)CC1. The van der Waals surface area contributed by atoms with Gasteiger partial charge in [-0.1, -0.05) is 16.8 Å². The maximum absolute atomic E-state index is 12.0. The largest absolute Gasteiger partial charge is 0.394 e. The lowest BCUT2D eigenvalue weighted by Crippen LogP contribution is -2.43. The van der Waals surface area contributed by atoms with Gasteiger partial charge >= 0.3 is 0 Å². The number of rotatable bonds is 7. The van der Waals surface area contributed by atoms with Crippen LogP contribution in [0.1, 0.15) is 44.8 Å². The third kappa shape index (κ3) is 5.79. The van der Waals surface area contributed by atoms with Crippen molar-refractivity contribution < 1.29 is 19.2 Å². The zero-order chi connectivity index (χ0) is 17.5. The molecule has 7 nitrogen and oxygen atoms in total. The predicted octanol–water partition coefficient (Wildman–Crippen LogP) is 1.43. The fourth-order valence-electron chi connectivity index (χ4n) is 2.85. The minimum atomic E-state index is -0.223. The second-order valence-electron chi connectivity index (χ2n) is 6.32. The zero-order valence-corrected chi connectivity index (χ0v) is 14.5. The van der Waals surface area contributed by atoms with E-state index in [2.05, 4.69) is 15.8 Å². The first-order valence-electron chi connectivity index (χ1n) is 8.29. The van der Waals surface area contributed by atoms with E-state index in [1.807, 2.05) is 0 Å². The van der Waals surface area contributed by atoms with E-state index >= 15 is 0 Å². The Kier molecular flexibility index (Phi) is 7.05. The molecule has 1 aliphatic carbocycles. The number of carbonyl (C=O) groups is 2. The fraction of sp³-hybridized carbons (Fsp3) is 0.688. The van der Waals surface area contributed by atoms with Gasteiger partial charge in [0.15, 0.2) is 5.15 Å². The smallest absolute Gasteiger partial charge is 0.223 e. The summed E-state index contributed by atoms with van der Waals surface area (Å²) >= 11 is 5.66. The highest BCUT2D eigenvalue weighted by Crippen LogP contribution is 2.24. The number of aliphatic hydroxyl groups excluding tert-OH is 1. The molecule has 134 valence electrons. The Labute approximate surface area is 146 Å². The number of aryl methyl sites for hydroxylation is 1. The zero-order valence-electron chi connectivity index (χ0n) is 13.8. The van der Waals surface area contributed by atoms with Gasteiger partial charge in [0, 0.05) is 36.9 Å². The summed E-state index contributed by atoms with van der Waals surface area (Å²) in [6, 6.07) is 1.49. The third-order valence-electron chi connectivity index (χ3n) is 4.25. The first-order valence-corrected chi connectivity index (χ1v) is 8.67. The Morgan fingerprint density at radius 2 is 2.12 bits per heavy atom. The number of aliphatic hydroxyl groups is 1. The van der Waals surface area contributed by atoms with Crippen LogP contribution in [0.15, 0.2) is 10.6 Å². The Morgan fingerprint density at radius 1 is 1.42 bits per heavy atom. The maximum atomic E-state index is 12.0. The van der Waals surface area contributed by atoms with Crippen molar-refractivity contribution in [3.8, 4) is 0 Å². The highest BCUT2D eigenvalue weighted by atomic mass is 35.5. The summed E-state index contributed by atoms with van der Waals surface area (Å²) in [6.45, 7) is 1.71. The van der Waals surface area contributed by atoms with Crippen molar-refractivity contribution in [3.63, 3.8) is 0 Å². The lowest BCUT2D eigenvalue weighted by atomic mass is 9.85. The first-order chi connectivity index (χ1) is 11.5. The lowest BCUT2D eigenvalue weighted by Gasteiger charge is -2.29.